The van der Waals surface area contributed by atoms with Crippen LogP contribution in [0.1, 0.15) is 5.56 Å². The summed E-state index contributed by atoms with van der Waals surface area (Å²) in [4.78, 5) is 19.0. The quantitative estimate of drug-likeness (QED) is 0.464. The normalized spacial score (nSPS) is 13.9. The van der Waals surface area contributed by atoms with Crippen LogP contribution in [0, 0.1) is 28.1 Å². The molecule has 1 unspecified atom stereocenters. The average molecular weight is 226 g/mol. The van der Waals surface area contributed by atoms with E-state index < -0.39 is 23.3 Å². The van der Waals surface area contributed by atoms with Crippen molar-refractivity contribution in [3.8, 4) is 5.81 Å². The molecule has 6 nitrogen and oxygen atoms in total. The number of nitro groups is 1. The van der Waals surface area contributed by atoms with Crippen LogP contribution in [-0.2, 0) is 4.57 Å². The maximum absolute atomic E-state index is 11.4. The molecule has 0 aromatic heterocycles. The largest absolute Gasteiger partial charge is 0.333 e. The molecule has 0 bridgehead atoms. The fourth-order valence-corrected chi connectivity index (χ4v) is 2.04. The molecule has 0 saturated carbocycles. The molecule has 0 aliphatic heterocycles. The zero-order valence-corrected chi connectivity index (χ0v) is 8.64. The zero-order valence-electron chi connectivity index (χ0n) is 7.75. The minimum atomic E-state index is -4.28. The molecule has 7 heteroatoms. The predicted molar refractivity (Wildman–Crippen MR) is 52.9 cm³/mol. The van der Waals surface area contributed by atoms with Crippen LogP contribution in [0.4, 0.5) is 5.69 Å². The van der Waals surface area contributed by atoms with Crippen LogP contribution in [0.25, 0.3) is 0 Å². The molecular formula is C8H7N2O4P. The molecule has 1 aromatic carbocycles. The Labute approximate surface area is 85.4 Å². The van der Waals surface area contributed by atoms with Gasteiger partial charge < -0.3 is 4.89 Å². The lowest BCUT2D eigenvalue weighted by atomic mass is 10.2. The molecule has 0 fully saturated rings. The van der Waals surface area contributed by atoms with Crippen molar-refractivity contribution in [2.45, 2.75) is 6.92 Å². The van der Waals surface area contributed by atoms with Crippen LogP contribution in [-0.4, -0.2) is 9.82 Å². The van der Waals surface area contributed by atoms with Gasteiger partial charge in [-0.05, 0) is 18.6 Å². The first kappa shape index (κ1) is 11.4. The summed E-state index contributed by atoms with van der Waals surface area (Å²) < 4.78 is 11.4. The van der Waals surface area contributed by atoms with E-state index in [9.17, 15) is 19.6 Å². The number of aryl methyl sites for hydroxylation is 1. The van der Waals surface area contributed by atoms with Crippen molar-refractivity contribution in [3.05, 3.63) is 33.9 Å². The highest BCUT2D eigenvalue weighted by atomic mass is 31.2. The second kappa shape index (κ2) is 3.81. The van der Waals surface area contributed by atoms with E-state index in [2.05, 4.69) is 0 Å². The maximum atomic E-state index is 11.4. The minimum absolute atomic E-state index is 0.421. The van der Waals surface area contributed by atoms with Crippen LogP contribution in [0.2, 0.25) is 0 Å². The number of hydrogen-bond donors (Lipinski definition) is 1. The molecule has 0 spiro atoms. The van der Waals surface area contributed by atoms with Gasteiger partial charge in [-0.3, -0.25) is 14.7 Å². The van der Waals surface area contributed by atoms with Gasteiger partial charge in [-0.25, -0.2) is 0 Å². The summed E-state index contributed by atoms with van der Waals surface area (Å²) in [6, 6.07) is 3.74. The Morgan fingerprint density at radius 3 is 2.67 bits per heavy atom. The summed E-state index contributed by atoms with van der Waals surface area (Å²) in [6.45, 7) is 1.62. The molecule has 0 saturated heterocycles. The van der Waals surface area contributed by atoms with Gasteiger partial charge in [0.2, 0.25) is 0 Å². The third kappa shape index (κ3) is 2.21. The standard InChI is InChI=1S/C8H7N2O4P/c1-6-2-3-7(10(11)12)8(4-6)15(13,14)5-9/h2-4H,1H3,(H,13,14). The smallest absolute Gasteiger partial charge is 0.331 e. The van der Waals surface area contributed by atoms with Gasteiger partial charge in [0.1, 0.15) is 5.30 Å². The van der Waals surface area contributed by atoms with Crippen LogP contribution < -0.4 is 5.30 Å². The number of benzene rings is 1. The second-order valence-electron chi connectivity index (χ2n) is 2.93. The van der Waals surface area contributed by atoms with Gasteiger partial charge in [-0.15, -0.1) is 0 Å². The Morgan fingerprint density at radius 2 is 2.20 bits per heavy atom. The lowest BCUT2D eigenvalue weighted by Gasteiger charge is -2.04. The molecule has 1 atom stereocenters. The van der Waals surface area contributed by atoms with Crippen LogP contribution in [0.3, 0.4) is 0 Å². The van der Waals surface area contributed by atoms with Gasteiger partial charge in [0.05, 0.1) is 4.92 Å². The first-order valence-electron chi connectivity index (χ1n) is 3.88. The highest BCUT2D eigenvalue weighted by Gasteiger charge is 2.30. The Hall–Kier alpha value is -1.70. The lowest BCUT2D eigenvalue weighted by Crippen LogP contribution is -2.10. The number of nitro benzene ring substituents is 1. The number of hydrogen-bond acceptors (Lipinski definition) is 4. The molecule has 0 heterocycles. The molecule has 0 aliphatic carbocycles. The lowest BCUT2D eigenvalue weighted by molar-refractivity contribution is -0.383. The van der Waals surface area contributed by atoms with Gasteiger partial charge >= 0.3 is 7.37 Å². The molecule has 0 amide bonds. The Balaban J connectivity index is 3.53. The summed E-state index contributed by atoms with van der Waals surface area (Å²) in [5, 5.41) is 18.6. The third-order valence-electron chi connectivity index (χ3n) is 1.79. The van der Waals surface area contributed by atoms with Crippen molar-refractivity contribution in [1.29, 1.82) is 5.26 Å². The van der Waals surface area contributed by atoms with E-state index in [4.69, 9.17) is 5.26 Å². The Kier molecular flexibility index (Phi) is 2.89. The topological polar surface area (TPSA) is 104 Å². The van der Waals surface area contributed by atoms with Gasteiger partial charge in [-0.2, -0.15) is 5.26 Å². The van der Waals surface area contributed by atoms with Crippen molar-refractivity contribution in [2.75, 3.05) is 0 Å². The van der Waals surface area contributed by atoms with E-state index in [0.29, 0.717) is 5.56 Å². The summed E-state index contributed by atoms with van der Waals surface area (Å²) >= 11 is 0. The molecular weight excluding hydrogens is 219 g/mol. The Bertz CT molecular complexity index is 506. The van der Waals surface area contributed by atoms with Gasteiger partial charge in [0, 0.05) is 6.07 Å². The van der Waals surface area contributed by atoms with E-state index in [-0.39, 0.29) is 0 Å². The second-order valence-corrected chi connectivity index (χ2v) is 4.76. The van der Waals surface area contributed by atoms with E-state index in [1.54, 1.807) is 6.92 Å². The van der Waals surface area contributed by atoms with Gasteiger partial charge in [0.25, 0.3) is 5.69 Å². The predicted octanol–water partition coefficient (Wildman–Crippen LogP) is 1.28. The average Bonchev–Trinajstić information content (AvgIpc) is 2.17. The molecule has 1 aromatic rings. The molecule has 15 heavy (non-hydrogen) atoms. The number of nitriles is 1. The van der Waals surface area contributed by atoms with Crippen molar-refractivity contribution in [1.82, 2.24) is 0 Å². The fraction of sp³-hybridized carbons (Fsp3) is 0.125. The van der Waals surface area contributed by atoms with Crippen LogP contribution in [0.15, 0.2) is 18.2 Å². The van der Waals surface area contributed by atoms with Crippen molar-refractivity contribution < 1.29 is 14.4 Å². The van der Waals surface area contributed by atoms with Gasteiger partial charge in [-0.1, -0.05) is 6.07 Å². The molecule has 1 rings (SSSR count). The number of rotatable bonds is 2. The summed E-state index contributed by atoms with van der Waals surface area (Å²) in [5.41, 5.74) is 0.0770. The highest BCUT2D eigenvalue weighted by molar-refractivity contribution is 7.71. The maximum Gasteiger partial charge on any atom is 0.333 e. The summed E-state index contributed by atoms with van der Waals surface area (Å²) in [7, 11) is -4.28. The minimum Gasteiger partial charge on any atom is -0.331 e. The molecule has 78 valence electrons. The monoisotopic (exact) mass is 226 g/mol. The summed E-state index contributed by atoms with van der Waals surface area (Å²) in [5.74, 6) is 1.19. The highest BCUT2D eigenvalue weighted by Crippen LogP contribution is 2.40. The van der Waals surface area contributed by atoms with Crippen molar-refractivity contribution in [3.63, 3.8) is 0 Å². The fourth-order valence-electron chi connectivity index (χ4n) is 1.08. The van der Waals surface area contributed by atoms with E-state index >= 15 is 0 Å². The summed E-state index contributed by atoms with van der Waals surface area (Å²) in [6.07, 6.45) is 0. The molecule has 1 N–H and O–H groups in total. The van der Waals surface area contributed by atoms with Crippen molar-refractivity contribution in [2.24, 2.45) is 0 Å². The number of nitrogens with zero attached hydrogens (tertiary/aromatic N) is 2. The first-order chi connectivity index (χ1) is 6.88. The Morgan fingerprint density at radius 1 is 1.60 bits per heavy atom. The van der Waals surface area contributed by atoms with Gasteiger partial charge in [0.15, 0.2) is 5.81 Å². The molecule has 0 aliphatic rings. The third-order valence-corrected chi connectivity index (χ3v) is 3.07. The van der Waals surface area contributed by atoms with Crippen LogP contribution >= 0.6 is 7.37 Å². The first-order valence-corrected chi connectivity index (χ1v) is 5.54. The van der Waals surface area contributed by atoms with E-state index in [1.165, 1.54) is 17.9 Å². The molecule has 0 radical (unpaired) electrons. The van der Waals surface area contributed by atoms with E-state index in [1.807, 2.05) is 0 Å². The van der Waals surface area contributed by atoms with Crippen molar-refractivity contribution >= 4 is 18.4 Å². The van der Waals surface area contributed by atoms with E-state index in [0.717, 1.165) is 6.07 Å². The van der Waals surface area contributed by atoms with Crippen LogP contribution in [0.5, 0.6) is 0 Å². The SMILES string of the molecule is Cc1ccc([N+](=O)[O-])c(P(=O)(O)C#N)c1. The zero-order chi connectivity index (χ0) is 11.6.